The first-order chi connectivity index (χ1) is 11.7. The minimum absolute atomic E-state index is 0.199. The SMILES string of the molecule is COC(=O)c1ccc(N2CCc3cc(OC)c(OC)cc3C2)nn1. The van der Waals surface area contributed by atoms with E-state index in [0.717, 1.165) is 30.1 Å². The van der Waals surface area contributed by atoms with E-state index in [1.165, 1.54) is 12.7 Å². The van der Waals surface area contributed by atoms with Gasteiger partial charge in [0, 0.05) is 13.1 Å². The minimum Gasteiger partial charge on any atom is -0.493 e. The number of ether oxygens (including phenoxy) is 3. The maximum Gasteiger partial charge on any atom is 0.358 e. The molecule has 0 spiro atoms. The van der Waals surface area contributed by atoms with Gasteiger partial charge in [-0.25, -0.2) is 4.79 Å². The lowest BCUT2D eigenvalue weighted by Crippen LogP contribution is -2.31. The van der Waals surface area contributed by atoms with E-state index in [9.17, 15) is 4.79 Å². The van der Waals surface area contributed by atoms with Gasteiger partial charge >= 0.3 is 5.97 Å². The average molecular weight is 329 g/mol. The first kappa shape index (κ1) is 16.0. The Morgan fingerprint density at radius 3 is 2.33 bits per heavy atom. The second kappa shape index (κ2) is 6.74. The van der Waals surface area contributed by atoms with E-state index in [1.807, 2.05) is 12.1 Å². The normalized spacial score (nSPS) is 13.2. The zero-order valence-electron chi connectivity index (χ0n) is 13.9. The van der Waals surface area contributed by atoms with Crippen molar-refractivity contribution in [2.75, 3.05) is 32.8 Å². The second-order valence-electron chi connectivity index (χ2n) is 5.42. The average Bonchev–Trinajstić information content (AvgIpc) is 2.65. The third kappa shape index (κ3) is 2.97. The van der Waals surface area contributed by atoms with Crippen LogP contribution in [0.25, 0.3) is 0 Å². The highest BCUT2D eigenvalue weighted by molar-refractivity contribution is 5.87. The minimum atomic E-state index is -0.491. The number of carbonyl (C=O) groups is 1. The molecule has 0 amide bonds. The molecule has 0 radical (unpaired) electrons. The molecule has 7 nitrogen and oxygen atoms in total. The molecule has 0 saturated heterocycles. The van der Waals surface area contributed by atoms with Gasteiger partial charge in [-0.15, -0.1) is 10.2 Å². The van der Waals surface area contributed by atoms with Gasteiger partial charge in [0.1, 0.15) is 0 Å². The van der Waals surface area contributed by atoms with Gasteiger partial charge in [0.2, 0.25) is 0 Å². The molecule has 0 aliphatic carbocycles. The van der Waals surface area contributed by atoms with Gasteiger partial charge in [-0.1, -0.05) is 0 Å². The summed E-state index contributed by atoms with van der Waals surface area (Å²) in [6.45, 7) is 1.51. The lowest BCUT2D eigenvalue weighted by molar-refractivity contribution is 0.0592. The standard InChI is InChI=1S/C17H19N3O4/c1-22-14-8-11-6-7-20(10-12(11)9-15(14)23-2)16-5-4-13(18-19-16)17(21)24-3/h4-5,8-9H,6-7,10H2,1-3H3. The van der Waals surface area contributed by atoms with E-state index in [4.69, 9.17) is 9.47 Å². The summed E-state index contributed by atoms with van der Waals surface area (Å²) < 4.78 is 15.4. The van der Waals surface area contributed by atoms with Crippen LogP contribution in [0.4, 0.5) is 5.82 Å². The van der Waals surface area contributed by atoms with Crippen molar-refractivity contribution >= 4 is 11.8 Å². The maximum absolute atomic E-state index is 11.4. The summed E-state index contributed by atoms with van der Waals surface area (Å²) in [5, 5.41) is 8.07. The second-order valence-corrected chi connectivity index (χ2v) is 5.42. The number of methoxy groups -OCH3 is 3. The molecule has 2 heterocycles. The van der Waals surface area contributed by atoms with Crippen molar-refractivity contribution in [1.82, 2.24) is 10.2 Å². The number of nitrogens with zero attached hydrogens (tertiary/aromatic N) is 3. The monoisotopic (exact) mass is 329 g/mol. The van der Waals surface area contributed by atoms with Gasteiger partial charge in [-0.05, 0) is 41.8 Å². The van der Waals surface area contributed by atoms with Crippen LogP contribution >= 0.6 is 0 Å². The number of aromatic nitrogens is 2. The zero-order valence-corrected chi connectivity index (χ0v) is 13.9. The topological polar surface area (TPSA) is 73.8 Å². The van der Waals surface area contributed by atoms with Crippen LogP contribution in [0.3, 0.4) is 0 Å². The van der Waals surface area contributed by atoms with Crippen LogP contribution in [0.5, 0.6) is 11.5 Å². The summed E-state index contributed by atoms with van der Waals surface area (Å²) in [5.41, 5.74) is 2.60. The van der Waals surface area contributed by atoms with Gasteiger partial charge in [-0.2, -0.15) is 0 Å². The molecular formula is C17H19N3O4. The summed E-state index contributed by atoms with van der Waals surface area (Å²) in [6, 6.07) is 7.43. The maximum atomic E-state index is 11.4. The van der Waals surface area contributed by atoms with Crippen molar-refractivity contribution in [2.45, 2.75) is 13.0 Å². The van der Waals surface area contributed by atoms with Crippen molar-refractivity contribution in [3.63, 3.8) is 0 Å². The van der Waals surface area contributed by atoms with E-state index >= 15 is 0 Å². The number of rotatable bonds is 4. The van der Waals surface area contributed by atoms with Crippen LogP contribution in [-0.2, 0) is 17.7 Å². The van der Waals surface area contributed by atoms with Crippen molar-refractivity contribution < 1.29 is 19.0 Å². The number of carbonyl (C=O) groups excluding carboxylic acids is 1. The van der Waals surface area contributed by atoms with Gasteiger partial charge < -0.3 is 19.1 Å². The number of anilines is 1. The van der Waals surface area contributed by atoms with E-state index in [-0.39, 0.29) is 5.69 Å². The van der Waals surface area contributed by atoms with Crippen molar-refractivity contribution in [1.29, 1.82) is 0 Å². The van der Waals surface area contributed by atoms with E-state index in [2.05, 4.69) is 19.8 Å². The number of esters is 1. The molecule has 1 aromatic heterocycles. The third-order valence-corrected chi connectivity index (χ3v) is 4.09. The van der Waals surface area contributed by atoms with Crippen LogP contribution in [0.2, 0.25) is 0 Å². The molecule has 0 unspecified atom stereocenters. The molecule has 1 aliphatic heterocycles. The van der Waals surface area contributed by atoms with Gasteiger partial charge in [-0.3, -0.25) is 0 Å². The Bertz CT molecular complexity index is 746. The Morgan fingerprint density at radius 1 is 1.04 bits per heavy atom. The number of benzene rings is 1. The van der Waals surface area contributed by atoms with E-state index < -0.39 is 5.97 Å². The molecule has 0 N–H and O–H groups in total. The molecule has 1 aliphatic rings. The van der Waals surface area contributed by atoms with Crippen LogP contribution in [-0.4, -0.2) is 44.0 Å². The largest absolute Gasteiger partial charge is 0.493 e. The Morgan fingerprint density at radius 2 is 1.75 bits per heavy atom. The van der Waals surface area contributed by atoms with Crippen molar-refractivity contribution in [2.24, 2.45) is 0 Å². The van der Waals surface area contributed by atoms with Crippen molar-refractivity contribution in [3.8, 4) is 11.5 Å². The third-order valence-electron chi connectivity index (χ3n) is 4.09. The molecule has 126 valence electrons. The first-order valence-electron chi connectivity index (χ1n) is 7.57. The summed E-state index contributed by atoms with van der Waals surface area (Å²) in [4.78, 5) is 13.5. The van der Waals surface area contributed by atoms with Gasteiger partial charge in [0.15, 0.2) is 23.0 Å². The fourth-order valence-corrected chi connectivity index (χ4v) is 2.79. The fraction of sp³-hybridized carbons (Fsp3) is 0.353. The Kier molecular flexibility index (Phi) is 4.50. The molecule has 0 fully saturated rings. The predicted octanol–water partition coefficient (Wildman–Crippen LogP) is 1.84. The zero-order chi connectivity index (χ0) is 17.1. The molecule has 1 aromatic carbocycles. The first-order valence-corrected chi connectivity index (χ1v) is 7.57. The number of fused-ring (bicyclic) bond motifs is 1. The summed E-state index contributed by atoms with van der Waals surface area (Å²) in [5.74, 6) is 1.69. The van der Waals surface area contributed by atoms with E-state index in [0.29, 0.717) is 12.3 Å². The summed E-state index contributed by atoms with van der Waals surface area (Å²) in [6.07, 6.45) is 0.871. The summed E-state index contributed by atoms with van der Waals surface area (Å²) >= 11 is 0. The molecule has 0 saturated carbocycles. The molecule has 0 bridgehead atoms. The molecule has 0 atom stereocenters. The smallest absolute Gasteiger partial charge is 0.358 e. The van der Waals surface area contributed by atoms with Gasteiger partial charge in [0.25, 0.3) is 0 Å². The Labute approximate surface area is 140 Å². The predicted molar refractivity (Wildman–Crippen MR) is 87.7 cm³/mol. The molecule has 7 heteroatoms. The Balaban J connectivity index is 1.83. The van der Waals surface area contributed by atoms with Crippen LogP contribution in [0.15, 0.2) is 24.3 Å². The molecule has 3 rings (SSSR count). The fourth-order valence-electron chi connectivity index (χ4n) is 2.79. The van der Waals surface area contributed by atoms with Gasteiger partial charge in [0.05, 0.1) is 21.3 Å². The Hall–Kier alpha value is -2.83. The lowest BCUT2D eigenvalue weighted by Gasteiger charge is -2.30. The van der Waals surface area contributed by atoms with Crippen LogP contribution in [0.1, 0.15) is 21.6 Å². The molecule has 2 aromatic rings. The highest BCUT2D eigenvalue weighted by Crippen LogP contribution is 2.34. The highest BCUT2D eigenvalue weighted by atomic mass is 16.5. The molecular weight excluding hydrogens is 310 g/mol. The van der Waals surface area contributed by atoms with Crippen LogP contribution < -0.4 is 14.4 Å². The molecule has 24 heavy (non-hydrogen) atoms. The van der Waals surface area contributed by atoms with E-state index in [1.54, 1.807) is 26.4 Å². The quantitative estimate of drug-likeness (QED) is 0.792. The highest BCUT2D eigenvalue weighted by Gasteiger charge is 2.21. The number of hydrogen-bond acceptors (Lipinski definition) is 7. The number of hydrogen-bond donors (Lipinski definition) is 0. The van der Waals surface area contributed by atoms with Crippen LogP contribution in [0, 0.1) is 0 Å². The lowest BCUT2D eigenvalue weighted by atomic mass is 9.99. The summed E-state index contributed by atoms with van der Waals surface area (Å²) in [7, 11) is 4.58. The van der Waals surface area contributed by atoms with Crippen molar-refractivity contribution in [3.05, 3.63) is 41.1 Å².